The molecule has 2 atom stereocenters. The number of carboxylic acid groups (broad SMARTS) is 1. The smallest absolute Gasteiger partial charge is 0.434 e. The zero-order chi connectivity index (χ0) is 22.1. The van der Waals surface area contributed by atoms with E-state index in [1.807, 2.05) is 0 Å². The van der Waals surface area contributed by atoms with Crippen molar-refractivity contribution in [2.24, 2.45) is 0 Å². The Morgan fingerprint density at radius 3 is 2.57 bits per heavy atom. The second-order valence-corrected chi connectivity index (χ2v) is 6.59. The van der Waals surface area contributed by atoms with Crippen molar-refractivity contribution in [1.29, 1.82) is 0 Å². The van der Waals surface area contributed by atoms with Crippen molar-refractivity contribution in [3.63, 3.8) is 0 Å². The van der Waals surface area contributed by atoms with Gasteiger partial charge in [0.15, 0.2) is 5.69 Å². The molecule has 8 nitrogen and oxygen atoms in total. The van der Waals surface area contributed by atoms with E-state index < -0.39 is 41.8 Å². The van der Waals surface area contributed by atoms with Gasteiger partial charge in [-0.1, -0.05) is 6.07 Å². The Balaban J connectivity index is 1.74. The second kappa shape index (κ2) is 8.22. The molecular formula is C18H16F4N4O4. The minimum Gasteiger partial charge on any atom is -0.465 e. The van der Waals surface area contributed by atoms with Crippen LogP contribution in [0.25, 0.3) is 11.3 Å². The number of amides is 2. The summed E-state index contributed by atoms with van der Waals surface area (Å²) in [6.07, 6.45) is -5.75. The molecule has 1 aliphatic rings. The number of aromatic nitrogens is 2. The number of hydrogen-bond acceptors (Lipinski definition) is 5. The lowest BCUT2D eigenvalue weighted by Gasteiger charge is -2.22. The number of nitrogens with one attached hydrogen (secondary N) is 1. The van der Waals surface area contributed by atoms with Crippen LogP contribution in [0.5, 0.6) is 0 Å². The number of rotatable bonds is 4. The van der Waals surface area contributed by atoms with Crippen LogP contribution in [0.2, 0.25) is 0 Å². The first kappa shape index (κ1) is 21.4. The van der Waals surface area contributed by atoms with E-state index >= 15 is 0 Å². The Morgan fingerprint density at radius 1 is 1.23 bits per heavy atom. The van der Waals surface area contributed by atoms with Gasteiger partial charge in [-0.05, 0) is 24.1 Å². The average molecular weight is 428 g/mol. The van der Waals surface area contributed by atoms with Gasteiger partial charge in [-0.3, -0.25) is 14.7 Å². The van der Waals surface area contributed by atoms with Gasteiger partial charge in [-0.2, -0.15) is 13.2 Å². The topological polar surface area (TPSA) is 116 Å². The molecule has 0 radical (unpaired) electrons. The van der Waals surface area contributed by atoms with Crippen molar-refractivity contribution >= 4 is 12.0 Å². The van der Waals surface area contributed by atoms with Gasteiger partial charge in [0.1, 0.15) is 11.9 Å². The van der Waals surface area contributed by atoms with Crippen molar-refractivity contribution in [1.82, 2.24) is 20.2 Å². The van der Waals surface area contributed by atoms with Crippen LogP contribution in [-0.4, -0.2) is 55.8 Å². The van der Waals surface area contributed by atoms with E-state index in [0.717, 1.165) is 17.2 Å². The van der Waals surface area contributed by atoms with Crippen LogP contribution >= 0.6 is 0 Å². The van der Waals surface area contributed by atoms with Gasteiger partial charge >= 0.3 is 12.3 Å². The van der Waals surface area contributed by atoms with Gasteiger partial charge in [-0.25, -0.2) is 14.2 Å². The van der Waals surface area contributed by atoms with Crippen LogP contribution in [0, 0.1) is 5.82 Å². The monoisotopic (exact) mass is 428 g/mol. The Hall–Kier alpha value is -3.28. The summed E-state index contributed by atoms with van der Waals surface area (Å²) in [5.41, 5.74) is -1.07. The summed E-state index contributed by atoms with van der Waals surface area (Å²) in [5.74, 6) is -1.47. The van der Waals surface area contributed by atoms with Gasteiger partial charge in [0.05, 0.1) is 24.2 Å². The normalized spacial score (nSPS) is 19.0. The van der Waals surface area contributed by atoms with Crippen molar-refractivity contribution < 1.29 is 37.4 Å². The van der Waals surface area contributed by atoms with E-state index in [2.05, 4.69) is 15.3 Å². The van der Waals surface area contributed by atoms with Crippen molar-refractivity contribution in [3.8, 4) is 11.3 Å². The molecule has 3 rings (SSSR count). The van der Waals surface area contributed by atoms with Crippen molar-refractivity contribution in [2.75, 3.05) is 6.54 Å². The Kier molecular flexibility index (Phi) is 5.87. The van der Waals surface area contributed by atoms with E-state index in [4.69, 9.17) is 5.11 Å². The van der Waals surface area contributed by atoms with Gasteiger partial charge in [-0.15, -0.1) is 0 Å². The van der Waals surface area contributed by atoms with Crippen LogP contribution in [0.4, 0.5) is 22.4 Å². The van der Waals surface area contributed by atoms with E-state index in [1.54, 1.807) is 0 Å². The summed E-state index contributed by atoms with van der Waals surface area (Å²) in [5, 5.41) is 21.5. The number of halogens is 4. The summed E-state index contributed by atoms with van der Waals surface area (Å²) in [6.45, 7) is -0.112. The first-order valence-corrected chi connectivity index (χ1v) is 8.71. The molecular weight excluding hydrogens is 412 g/mol. The summed E-state index contributed by atoms with van der Waals surface area (Å²) >= 11 is 0. The SMILES string of the molecule is O=C(NCc1ccc(F)c(-c2cnc(C(F)(F)F)cn2)c1)C1C(O)CCN1C(=O)O. The fraction of sp³-hybridized carbons (Fsp3) is 0.333. The lowest BCUT2D eigenvalue weighted by molar-refractivity contribution is -0.141. The number of carbonyl (C=O) groups excluding carboxylic acids is 1. The minimum atomic E-state index is -4.68. The highest BCUT2D eigenvalue weighted by Gasteiger charge is 2.41. The van der Waals surface area contributed by atoms with Crippen LogP contribution in [0.3, 0.4) is 0 Å². The maximum atomic E-state index is 14.1. The molecule has 2 amide bonds. The summed E-state index contributed by atoms with van der Waals surface area (Å²) < 4.78 is 51.9. The first-order chi connectivity index (χ1) is 14.1. The average Bonchev–Trinajstić information content (AvgIpc) is 3.08. The quantitative estimate of drug-likeness (QED) is 0.642. The predicted octanol–water partition coefficient (Wildman–Crippen LogP) is 2.03. The number of carbonyl (C=O) groups is 2. The third-order valence-corrected chi connectivity index (χ3v) is 4.60. The largest absolute Gasteiger partial charge is 0.465 e. The molecule has 1 aliphatic heterocycles. The maximum absolute atomic E-state index is 14.1. The van der Waals surface area contributed by atoms with Gasteiger partial charge < -0.3 is 15.5 Å². The number of aliphatic hydroxyl groups excluding tert-OH is 1. The number of aliphatic hydroxyl groups is 1. The van der Waals surface area contributed by atoms with Gasteiger partial charge in [0.2, 0.25) is 5.91 Å². The number of likely N-dealkylation sites (tertiary alicyclic amines) is 1. The first-order valence-electron chi connectivity index (χ1n) is 8.71. The fourth-order valence-corrected chi connectivity index (χ4v) is 3.09. The molecule has 1 fully saturated rings. The molecule has 2 unspecified atom stereocenters. The third-order valence-electron chi connectivity index (χ3n) is 4.60. The Morgan fingerprint density at radius 2 is 1.97 bits per heavy atom. The molecule has 1 saturated heterocycles. The summed E-state index contributed by atoms with van der Waals surface area (Å²) in [7, 11) is 0. The maximum Gasteiger partial charge on any atom is 0.434 e. The molecule has 0 bridgehead atoms. The lowest BCUT2D eigenvalue weighted by Crippen LogP contribution is -2.49. The van der Waals surface area contributed by atoms with Crippen molar-refractivity contribution in [2.45, 2.75) is 31.3 Å². The molecule has 12 heteroatoms. The van der Waals surface area contributed by atoms with Crippen LogP contribution < -0.4 is 5.32 Å². The Bertz CT molecular complexity index is 952. The second-order valence-electron chi connectivity index (χ2n) is 6.59. The standard InChI is InChI=1S/C18H16F4N4O4/c19-11-2-1-9(5-10(11)12-7-24-14(8-23-12)18(20,21)22)6-25-16(28)15-13(27)3-4-26(15)17(29)30/h1-2,5,7-8,13,15,27H,3-4,6H2,(H,25,28)(H,29,30). The molecule has 0 spiro atoms. The molecule has 3 N–H and O–H groups in total. The zero-order valence-corrected chi connectivity index (χ0v) is 15.2. The molecule has 1 aromatic carbocycles. The predicted molar refractivity (Wildman–Crippen MR) is 93.4 cm³/mol. The zero-order valence-electron chi connectivity index (χ0n) is 15.2. The number of alkyl halides is 3. The number of hydrogen-bond donors (Lipinski definition) is 3. The van der Waals surface area contributed by atoms with Gasteiger partial charge in [0.25, 0.3) is 0 Å². The van der Waals surface area contributed by atoms with E-state index in [0.29, 0.717) is 11.8 Å². The van der Waals surface area contributed by atoms with Gasteiger partial charge in [0, 0.05) is 18.7 Å². The fourth-order valence-electron chi connectivity index (χ4n) is 3.09. The van der Waals surface area contributed by atoms with E-state index in [-0.39, 0.29) is 30.8 Å². The summed E-state index contributed by atoms with van der Waals surface area (Å²) in [4.78, 5) is 31.2. The van der Waals surface area contributed by atoms with Crippen molar-refractivity contribution in [3.05, 3.63) is 47.7 Å². The van der Waals surface area contributed by atoms with Crippen LogP contribution in [0.15, 0.2) is 30.6 Å². The molecule has 30 heavy (non-hydrogen) atoms. The molecule has 0 aliphatic carbocycles. The van der Waals surface area contributed by atoms with E-state index in [9.17, 15) is 32.3 Å². The third kappa shape index (κ3) is 4.48. The highest BCUT2D eigenvalue weighted by Crippen LogP contribution is 2.28. The molecule has 1 aromatic heterocycles. The van der Waals surface area contributed by atoms with Crippen LogP contribution in [-0.2, 0) is 17.5 Å². The number of benzene rings is 1. The minimum absolute atomic E-state index is 0.0157. The summed E-state index contributed by atoms with van der Waals surface area (Å²) in [6, 6.07) is 2.43. The molecule has 2 heterocycles. The molecule has 160 valence electrons. The lowest BCUT2D eigenvalue weighted by atomic mass is 10.1. The highest BCUT2D eigenvalue weighted by molar-refractivity contribution is 5.86. The molecule has 2 aromatic rings. The number of nitrogens with zero attached hydrogens (tertiary/aromatic N) is 3. The Labute approximate surface area is 167 Å². The molecule has 0 saturated carbocycles. The highest BCUT2D eigenvalue weighted by atomic mass is 19.4. The van der Waals surface area contributed by atoms with E-state index in [1.165, 1.54) is 12.1 Å². The van der Waals surface area contributed by atoms with Crippen LogP contribution in [0.1, 0.15) is 17.7 Å².